The average Bonchev–Trinajstić information content (AvgIpc) is 2.61. The van der Waals surface area contributed by atoms with Crippen LogP contribution in [0.15, 0.2) is 30.3 Å². The summed E-state index contributed by atoms with van der Waals surface area (Å²) in [5, 5.41) is 4.58. The Balaban J connectivity index is 2.00. The number of halogens is 1. The Kier molecular flexibility index (Phi) is 7.12. The maximum absolute atomic E-state index is 6.35. The van der Waals surface area contributed by atoms with Crippen LogP contribution in [-0.2, 0) is 6.42 Å². The third-order valence-corrected chi connectivity index (χ3v) is 4.91. The Labute approximate surface area is 166 Å². The summed E-state index contributed by atoms with van der Waals surface area (Å²) in [6.45, 7) is 4.81. The highest BCUT2D eigenvalue weighted by atomic mass is 35.5. The van der Waals surface area contributed by atoms with Gasteiger partial charge in [-0.05, 0) is 67.4 Å². The fourth-order valence-electron chi connectivity index (χ4n) is 2.71. The highest BCUT2D eigenvalue weighted by Gasteiger charge is 2.11. The van der Waals surface area contributed by atoms with Gasteiger partial charge in [-0.3, -0.25) is 0 Å². The van der Waals surface area contributed by atoms with Crippen molar-refractivity contribution in [2.75, 3.05) is 33.1 Å². The molecule has 0 radical (unpaired) electrons. The standard InChI is InChI=1S/C20H25ClN2O2S/c1-13-10-14(2)19(16(21)11-13)22-20(26)23(3)9-8-15-6-7-17(24-4)18(12-15)25-5/h6-7,10-12H,8-9H2,1-5H3,(H,22,26). The smallest absolute Gasteiger partial charge is 0.173 e. The molecule has 0 aliphatic carbocycles. The molecule has 26 heavy (non-hydrogen) atoms. The van der Waals surface area contributed by atoms with Gasteiger partial charge in [-0.1, -0.05) is 23.7 Å². The first-order valence-corrected chi connectivity index (χ1v) is 9.14. The highest BCUT2D eigenvalue weighted by Crippen LogP contribution is 2.29. The van der Waals surface area contributed by atoms with Crippen molar-refractivity contribution in [2.45, 2.75) is 20.3 Å². The van der Waals surface area contributed by atoms with Gasteiger partial charge in [0.1, 0.15) is 0 Å². The number of thiocarbonyl (C=S) groups is 1. The predicted molar refractivity (Wildman–Crippen MR) is 113 cm³/mol. The summed E-state index contributed by atoms with van der Waals surface area (Å²) in [7, 11) is 5.24. The third-order valence-electron chi connectivity index (χ3n) is 4.19. The zero-order valence-electron chi connectivity index (χ0n) is 15.9. The van der Waals surface area contributed by atoms with Crippen LogP contribution in [0.4, 0.5) is 5.69 Å². The number of methoxy groups -OCH3 is 2. The van der Waals surface area contributed by atoms with Gasteiger partial charge in [0.15, 0.2) is 16.6 Å². The molecule has 0 unspecified atom stereocenters. The molecule has 0 saturated carbocycles. The Hall–Kier alpha value is -1.98. The van der Waals surface area contributed by atoms with Crippen LogP contribution in [0, 0.1) is 13.8 Å². The van der Waals surface area contributed by atoms with Crippen LogP contribution in [-0.4, -0.2) is 37.8 Å². The second-order valence-electron chi connectivity index (χ2n) is 6.23. The number of benzene rings is 2. The van der Waals surface area contributed by atoms with Gasteiger partial charge < -0.3 is 19.7 Å². The predicted octanol–water partition coefficient (Wildman–Crippen LogP) is 4.85. The molecule has 0 saturated heterocycles. The second kappa shape index (κ2) is 9.10. The molecule has 2 aromatic rings. The van der Waals surface area contributed by atoms with Gasteiger partial charge in [0.05, 0.1) is 24.9 Å². The summed E-state index contributed by atoms with van der Waals surface area (Å²) in [5.41, 5.74) is 4.22. The van der Waals surface area contributed by atoms with Gasteiger partial charge in [0.25, 0.3) is 0 Å². The molecule has 0 aliphatic heterocycles. The molecule has 0 bridgehead atoms. The zero-order chi connectivity index (χ0) is 19.3. The molecule has 2 aromatic carbocycles. The van der Waals surface area contributed by atoms with Crippen LogP contribution < -0.4 is 14.8 Å². The Morgan fingerprint density at radius 1 is 1.12 bits per heavy atom. The van der Waals surface area contributed by atoms with Gasteiger partial charge in [-0.2, -0.15) is 0 Å². The van der Waals surface area contributed by atoms with Crippen molar-refractivity contribution in [2.24, 2.45) is 0 Å². The molecule has 0 amide bonds. The van der Waals surface area contributed by atoms with E-state index in [9.17, 15) is 0 Å². The Bertz CT molecular complexity index is 772. The fourth-order valence-corrected chi connectivity index (χ4v) is 3.27. The van der Waals surface area contributed by atoms with E-state index < -0.39 is 0 Å². The van der Waals surface area contributed by atoms with Crippen LogP contribution in [0.1, 0.15) is 16.7 Å². The molecule has 0 aromatic heterocycles. The Morgan fingerprint density at radius 3 is 2.42 bits per heavy atom. The number of nitrogens with zero attached hydrogens (tertiary/aromatic N) is 1. The molecular weight excluding hydrogens is 368 g/mol. The van der Waals surface area contributed by atoms with Gasteiger partial charge in [0, 0.05) is 13.6 Å². The van der Waals surface area contributed by atoms with Crippen molar-refractivity contribution in [3.63, 3.8) is 0 Å². The van der Waals surface area contributed by atoms with Crippen molar-refractivity contribution in [3.8, 4) is 11.5 Å². The lowest BCUT2D eigenvalue weighted by Gasteiger charge is -2.23. The van der Waals surface area contributed by atoms with Gasteiger partial charge >= 0.3 is 0 Å². The molecule has 140 valence electrons. The highest BCUT2D eigenvalue weighted by molar-refractivity contribution is 7.80. The number of likely N-dealkylation sites (N-methyl/N-ethyl adjacent to an activating group) is 1. The molecular formula is C20H25ClN2O2S. The summed E-state index contributed by atoms with van der Waals surface area (Å²) in [6, 6.07) is 9.96. The van der Waals surface area contributed by atoms with Crippen molar-refractivity contribution >= 4 is 34.6 Å². The topological polar surface area (TPSA) is 33.7 Å². The number of ether oxygens (including phenoxy) is 2. The van der Waals surface area contributed by atoms with E-state index in [1.807, 2.05) is 50.1 Å². The first-order valence-electron chi connectivity index (χ1n) is 8.35. The summed E-state index contributed by atoms with van der Waals surface area (Å²) in [5.74, 6) is 1.46. The lowest BCUT2D eigenvalue weighted by atomic mass is 10.1. The third kappa shape index (κ3) is 5.02. The van der Waals surface area contributed by atoms with E-state index in [2.05, 4.69) is 11.4 Å². The first-order chi connectivity index (χ1) is 12.3. The fraction of sp³-hybridized carbons (Fsp3) is 0.350. The minimum absolute atomic E-state index is 0.638. The van der Waals surface area contributed by atoms with Gasteiger partial charge in [0.2, 0.25) is 0 Å². The molecule has 0 aliphatic rings. The quantitative estimate of drug-likeness (QED) is 0.711. The largest absolute Gasteiger partial charge is 0.493 e. The van der Waals surface area contributed by atoms with E-state index >= 15 is 0 Å². The normalized spacial score (nSPS) is 10.4. The van der Waals surface area contributed by atoms with E-state index in [0.29, 0.717) is 10.1 Å². The lowest BCUT2D eigenvalue weighted by molar-refractivity contribution is 0.354. The maximum atomic E-state index is 6.35. The van der Waals surface area contributed by atoms with Crippen LogP contribution >= 0.6 is 23.8 Å². The van der Waals surface area contributed by atoms with E-state index in [0.717, 1.165) is 46.8 Å². The van der Waals surface area contributed by atoms with Crippen LogP contribution in [0.5, 0.6) is 11.5 Å². The van der Waals surface area contributed by atoms with E-state index in [4.69, 9.17) is 33.3 Å². The van der Waals surface area contributed by atoms with E-state index in [-0.39, 0.29) is 0 Å². The van der Waals surface area contributed by atoms with Crippen LogP contribution in [0.25, 0.3) is 0 Å². The van der Waals surface area contributed by atoms with Crippen molar-refractivity contribution in [1.82, 2.24) is 4.90 Å². The molecule has 0 atom stereocenters. The zero-order valence-corrected chi connectivity index (χ0v) is 17.4. The van der Waals surface area contributed by atoms with E-state index in [1.54, 1.807) is 14.2 Å². The number of hydrogen-bond donors (Lipinski definition) is 1. The second-order valence-corrected chi connectivity index (χ2v) is 7.02. The molecule has 6 heteroatoms. The number of anilines is 1. The average molecular weight is 393 g/mol. The maximum Gasteiger partial charge on any atom is 0.173 e. The molecule has 0 fully saturated rings. The molecule has 1 N–H and O–H groups in total. The lowest BCUT2D eigenvalue weighted by Crippen LogP contribution is -2.33. The van der Waals surface area contributed by atoms with Crippen molar-refractivity contribution in [1.29, 1.82) is 0 Å². The number of nitrogens with one attached hydrogen (secondary N) is 1. The van der Waals surface area contributed by atoms with Crippen LogP contribution in [0.2, 0.25) is 5.02 Å². The summed E-state index contributed by atoms with van der Waals surface area (Å²) < 4.78 is 10.6. The van der Waals surface area contributed by atoms with Crippen molar-refractivity contribution < 1.29 is 9.47 Å². The van der Waals surface area contributed by atoms with Gasteiger partial charge in [-0.25, -0.2) is 0 Å². The van der Waals surface area contributed by atoms with Gasteiger partial charge in [-0.15, -0.1) is 0 Å². The monoisotopic (exact) mass is 392 g/mol. The Morgan fingerprint density at radius 2 is 1.81 bits per heavy atom. The molecule has 0 spiro atoms. The first kappa shape index (κ1) is 20.3. The van der Waals surface area contributed by atoms with Crippen molar-refractivity contribution in [3.05, 3.63) is 52.0 Å². The summed E-state index contributed by atoms with van der Waals surface area (Å²) in [6.07, 6.45) is 0.833. The molecule has 4 nitrogen and oxygen atoms in total. The SMILES string of the molecule is COc1ccc(CCN(C)C(=S)Nc2c(C)cc(C)cc2Cl)cc1OC. The minimum Gasteiger partial charge on any atom is -0.493 e. The minimum atomic E-state index is 0.638. The summed E-state index contributed by atoms with van der Waals surface area (Å²) in [4.78, 5) is 2.00. The van der Waals surface area contributed by atoms with E-state index in [1.165, 1.54) is 0 Å². The summed E-state index contributed by atoms with van der Waals surface area (Å²) >= 11 is 11.9. The number of hydrogen-bond acceptors (Lipinski definition) is 3. The molecule has 2 rings (SSSR count). The molecule has 0 heterocycles. The number of rotatable bonds is 6. The van der Waals surface area contributed by atoms with Crippen LogP contribution in [0.3, 0.4) is 0 Å². The number of aryl methyl sites for hydroxylation is 2.